The molecule has 0 fully saturated rings. The molecule has 0 radical (unpaired) electrons. The standard InChI is InChI=1S/C14H10F3NO3/c15-14(16,17)21-12-9-5-4-8-11(12)18(20)13(19)10-6-2-1-3-7-10/h1-9,20H. The van der Waals surface area contributed by atoms with E-state index in [0.717, 1.165) is 12.1 Å². The normalized spacial score (nSPS) is 11.0. The predicted octanol–water partition coefficient (Wildman–Crippen LogP) is 3.62. The SMILES string of the molecule is O=C(c1ccccc1)N(O)c1ccccc1OC(F)(F)F. The average Bonchev–Trinajstić information content (AvgIpc) is 2.45. The fraction of sp³-hybridized carbons (Fsp3) is 0.0714. The number of hydroxylamine groups is 1. The highest BCUT2D eigenvalue weighted by Gasteiger charge is 2.33. The van der Waals surface area contributed by atoms with E-state index < -0.39 is 23.7 Å². The summed E-state index contributed by atoms with van der Waals surface area (Å²) < 4.78 is 40.7. The summed E-state index contributed by atoms with van der Waals surface area (Å²) in [5.74, 6) is -1.54. The molecule has 0 aliphatic heterocycles. The molecule has 7 heteroatoms. The van der Waals surface area contributed by atoms with Gasteiger partial charge in [-0.3, -0.25) is 10.0 Å². The minimum absolute atomic E-state index is 0.121. The molecule has 2 rings (SSSR count). The number of amides is 1. The number of para-hydroxylation sites is 2. The lowest BCUT2D eigenvalue weighted by atomic mass is 10.2. The summed E-state index contributed by atoms with van der Waals surface area (Å²) in [7, 11) is 0. The Balaban J connectivity index is 2.31. The third-order valence-corrected chi connectivity index (χ3v) is 2.53. The molecule has 2 aromatic carbocycles. The molecule has 110 valence electrons. The molecule has 0 aliphatic rings. The van der Waals surface area contributed by atoms with Gasteiger partial charge in [-0.15, -0.1) is 13.2 Å². The first-order valence-corrected chi connectivity index (χ1v) is 5.81. The van der Waals surface area contributed by atoms with Gasteiger partial charge in [0.2, 0.25) is 0 Å². The zero-order chi connectivity index (χ0) is 15.5. The third-order valence-electron chi connectivity index (χ3n) is 2.53. The number of anilines is 1. The molecule has 0 spiro atoms. The number of nitrogens with zero attached hydrogens (tertiary/aromatic N) is 1. The lowest BCUT2D eigenvalue weighted by molar-refractivity contribution is -0.274. The Hall–Kier alpha value is -2.54. The maximum atomic E-state index is 12.3. The summed E-state index contributed by atoms with van der Waals surface area (Å²) >= 11 is 0. The maximum absolute atomic E-state index is 12.3. The molecular weight excluding hydrogens is 287 g/mol. The second-order valence-electron chi connectivity index (χ2n) is 4.00. The van der Waals surface area contributed by atoms with Crippen molar-refractivity contribution in [2.75, 3.05) is 5.06 Å². The number of halogens is 3. The maximum Gasteiger partial charge on any atom is 0.573 e. The van der Waals surface area contributed by atoms with Crippen LogP contribution in [0.15, 0.2) is 54.6 Å². The first kappa shape index (κ1) is 14.9. The quantitative estimate of drug-likeness (QED) is 0.695. The molecule has 0 saturated heterocycles. The Morgan fingerprint density at radius 1 is 1.00 bits per heavy atom. The van der Waals surface area contributed by atoms with Gasteiger partial charge in [-0.1, -0.05) is 30.3 Å². The van der Waals surface area contributed by atoms with Crippen LogP contribution in [0.1, 0.15) is 10.4 Å². The van der Waals surface area contributed by atoms with Crippen molar-refractivity contribution >= 4 is 11.6 Å². The van der Waals surface area contributed by atoms with Crippen molar-refractivity contribution in [1.82, 2.24) is 0 Å². The van der Waals surface area contributed by atoms with Crippen LogP contribution in [-0.2, 0) is 0 Å². The number of carbonyl (C=O) groups is 1. The molecule has 0 atom stereocenters. The third kappa shape index (κ3) is 3.73. The molecule has 0 aliphatic carbocycles. The number of hydrogen-bond acceptors (Lipinski definition) is 3. The van der Waals surface area contributed by atoms with Crippen molar-refractivity contribution in [1.29, 1.82) is 0 Å². The number of carbonyl (C=O) groups excluding carboxylic acids is 1. The van der Waals surface area contributed by atoms with E-state index in [1.54, 1.807) is 18.2 Å². The van der Waals surface area contributed by atoms with Gasteiger partial charge in [0.1, 0.15) is 5.69 Å². The highest BCUT2D eigenvalue weighted by molar-refractivity contribution is 6.05. The summed E-state index contributed by atoms with van der Waals surface area (Å²) in [6.07, 6.45) is -4.92. The van der Waals surface area contributed by atoms with Crippen molar-refractivity contribution in [2.45, 2.75) is 6.36 Å². The van der Waals surface area contributed by atoms with Gasteiger partial charge in [-0.25, -0.2) is 0 Å². The first-order chi connectivity index (χ1) is 9.88. The van der Waals surface area contributed by atoms with Gasteiger partial charge in [0.25, 0.3) is 5.91 Å². The van der Waals surface area contributed by atoms with Gasteiger partial charge < -0.3 is 4.74 Å². The fourth-order valence-electron chi connectivity index (χ4n) is 1.66. The first-order valence-electron chi connectivity index (χ1n) is 5.81. The van der Waals surface area contributed by atoms with Crippen LogP contribution in [0.25, 0.3) is 0 Å². The molecule has 0 heterocycles. The minimum Gasteiger partial charge on any atom is -0.403 e. The number of alkyl halides is 3. The largest absolute Gasteiger partial charge is 0.573 e. The van der Waals surface area contributed by atoms with Crippen molar-refractivity contribution in [3.63, 3.8) is 0 Å². The minimum atomic E-state index is -4.92. The Morgan fingerprint density at radius 3 is 2.19 bits per heavy atom. The van der Waals surface area contributed by atoms with Crippen LogP contribution in [0.4, 0.5) is 18.9 Å². The molecule has 2 aromatic rings. The van der Waals surface area contributed by atoms with Crippen molar-refractivity contribution in [2.24, 2.45) is 0 Å². The van der Waals surface area contributed by atoms with E-state index in [1.807, 2.05) is 0 Å². The van der Waals surface area contributed by atoms with E-state index in [-0.39, 0.29) is 10.6 Å². The molecule has 1 amide bonds. The van der Waals surface area contributed by atoms with Gasteiger partial charge in [-0.2, -0.15) is 5.06 Å². The van der Waals surface area contributed by atoms with Gasteiger partial charge in [0.05, 0.1) is 0 Å². The van der Waals surface area contributed by atoms with Crippen molar-refractivity contribution in [3.05, 3.63) is 60.2 Å². The monoisotopic (exact) mass is 297 g/mol. The Morgan fingerprint density at radius 2 is 1.57 bits per heavy atom. The summed E-state index contributed by atoms with van der Waals surface area (Å²) in [6, 6.07) is 12.5. The molecule has 0 bridgehead atoms. The number of rotatable bonds is 3. The van der Waals surface area contributed by atoms with Gasteiger partial charge >= 0.3 is 6.36 Å². The summed E-state index contributed by atoms with van der Waals surface area (Å²) in [5, 5.41) is 9.98. The zero-order valence-electron chi connectivity index (χ0n) is 10.5. The van der Waals surface area contributed by atoms with Crippen LogP contribution < -0.4 is 9.80 Å². The van der Waals surface area contributed by atoms with Crippen molar-refractivity contribution < 1.29 is 27.9 Å². The Bertz CT molecular complexity index is 629. The molecule has 0 aromatic heterocycles. The molecule has 0 saturated carbocycles. The summed E-state index contributed by atoms with van der Waals surface area (Å²) in [6.45, 7) is 0. The van der Waals surface area contributed by atoms with Crippen molar-refractivity contribution in [3.8, 4) is 5.75 Å². The van der Waals surface area contributed by atoms with E-state index in [4.69, 9.17) is 0 Å². The summed E-state index contributed by atoms with van der Waals surface area (Å²) in [5.41, 5.74) is -0.273. The molecule has 1 N–H and O–H groups in total. The van der Waals surface area contributed by atoms with Gasteiger partial charge in [0.15, 0.2) is 5.75 Å². The highest BCUT2D eigenvalue weighted by Crippen LogP contribution is 2.32. The number of hydrogen-bond donors (Lipinski definition) is 1. The fourth-order valence-corrected chi connectivity index (χ4v) is 1.66. The van der Waals surface area contributed by atoms with E-state index in [0.29, 0.717) is 0 Å². The lowest BCUT2D eigenvalue weighted by Gasteiger charge is -2.19. The van der Waals surface area contributed by atoms with Crippen LogP contribution in [0.3, 0.4) is 0 Å². The second kappa shape index (κ2) is 5.84. The van der Waals surface area contributed by atoms with Crippen LogP contribution in [0, 0.1) is 0 Å². The van der Waals surface area contributed by atoms with E-state index >= 15 is 0 Å². The average molecular weight is 297 g/mol. The van der Waals surface area contributed by atoms with E-state index in [1.165, 1.54) is 24.3 Å². The zero-order valence-corrected chi connectivity index (χ0v) is 10.5. The summed E-state index contributed by atoms with van der Waals surface area (Å²) in [4.78, 5) is 12.0. The van der Waals surface area contributed by atoms with Crippen LogP contribution in [-0.4, -0.2) is 17.5 Å². The van der Waals surface area contributed by atoms with Crippen LogP contribution in [0.2, 0.25) is 0 Å². The smallest absolute Gasteiger partial charge is 0.403 e. The van der Waals surface area contributed by atoms with Gasteiger partial charge in [-0.05, 0) is 24.3 Å². The Kier molecular flexibility index (Phi) is 4.13. The highest BCUT2D eigenvalue weighted by atomic mass is 19.4. The van der Waals surface area contributed by atoms with E-state index in [9.17, 15) is 23.2 Å². The predicted molar refractivity (Wildman–Crippen MR) is 68.2 cm³/mol. The molecular formula is C14H10F3NO3. The van der Waals surface area contributed by atoms with Crippen LogP contribution >= 0.6 is 0 Å². The van der Waals surface area contributed by atoms with Gasteiger partial charge in [0, 0.05) is 5.56 Å². The number of benzene rings is 2. The van der Waals surface area contributed by atoms with E-state index in [2.05, 4.69) is 4.74 Å². The molecule has 4 nitrogen and oxygen atoms in total. The molecule has 0 unspecified atom stereocenters. The lowest BCUT2D eigenvalue weighted by Crippen LogP contribution is -2.28. The topological polar surface area (TPSA) is 49.8 Å². The van der Waals surface area contributed by atoms with Crippen LogP contribution in [0.5, 0.6) is 5.75 Å². The second-order valence-corrected chi connectivity index (χ2v) is 4.00. The molecule has 21 heavy (non-hydrogen) atoms. The number of ether oxygens (including phenoxy) is 1. The Labute approximate surface area is 117 Å².